The Morgan fingerprint density at radius 3 is 2.50 bits per heavy atom. The molecule has 0 fully saturated rings. The maximum atomic E-state index is 8.81. The van der Waals surface area contributed by atoms with Gasteiger partial charge in [-0.05, 0) is 38.8 Å². The Balaban J connectivity index is 3.00. The first-order chi connectivity index (χ1) is 5.70. The van der Waals surface area contributed by atoms with Crippen LogP contribution < -0.4 is 0 Å². The highest BCUT2D eigenvalue weighted by Crippen LogP contribution is 2.14. The maximum Gasteiger partial charge on any atom is 0.0472 e. The van der Waals surface area contributed by atoms with Crippen molar-refractivity contribution >= 4 is 0 Å². The lowest BCUT2D eigenvalue weighted by Crippen LogP contribution is -2.00. The fourth-order valence-electron chi connectivity index (χ4n) is 1.73. The van der Waals surface area contributed by atoms with Crippen LogP contribution in [0.2, 0.25) is 0 Å². The van der Waals surface area contributed by atoms with Gasteiger partial charge in [-0.1, -0.05) is 0 Å². The number of rotatable bonds is 3. The molecule has 2 heteroatoms. The Hall–Kier alpha value is -0.760. The fourth-order valence-corrected chi connectivity index (χ4v) is 1.73. The van der Waals surface area contributed by atoms with Crippen LogP contribution in [0, 0.1) is 13.8 Å². The molecule has 1 aromatic rings. The second-order valence-electron chi connectivity index (χ2n) is 3.11. The zero-order valence-corrected chi connectivity index (χ0v) is 8.09. The molecular formula is C10H17NO. The van der Waals surface area contributed by atoms with E-state index in [1.165, 1.54) is 17.0 Å². The standard InChI is InChI=1S/C10H17NO/c1-4-11-8(2)7-10(5-6-12)9(11)3/h7,12H,4-6H2,1-3H3. The molecule has 0 atom stereocenters. The van der Waals surface area contributed by atoms with Crippen molar-refractivity contribution < 1.29 is 5.11 Å². The minimum Gasteiger partial charge on any atom is -0.396 e. The summed E-state index contributed by atoms with van der Waals surface area (Å²) in [5.41, 5.74) is 3.86. The molecule has 0 bridgehead atoms. The molecule has 1 aromatic heterocycles. The second kappa shape index (κ2) is 3.76. The number of aromatic nitrogens is 1. The summed E-state index contributed by atoms with van der Waals surface area (Å²) in [6.07, 6.45) is 0.777. The zero-order chi connectivity index (χ0) is 9.14. The molecule has 0 amide bonds. The Bertz CT molecular complexity index is 263. The summed E-state index contributed by atoms with van der Waals surface area (Å²) in [4.78, 5) is 0. The van der Waals surface area contributed by atoms with Crippen LogP contribution in [-0.2, 0) is 13.0 Å². The number of aryl methyl sites for hydroxylation is 1. The van der Waals surface area contributed by atoms with Crippen molar-refractivity contribution in [3.8, 4) is 0 Å². The van der Waals surface area contributed by atoms with E-state index in [1.54, 1.807) is 0 Å². The van der Waals surface area contributed by atoms with Gasteiger partial charge >= 0.3 is 0 Å². The van der Waals surface area contributed by atoms with Crippen molar-refractivity contribution in [3.05, 3.63) is 23.0 Å². The molecule has 1 rings (SSSR count). The molecule has 0 aromatic carbocycles. The van der Waals surface area contributed by atoms with E-state index in [9.17, 15) is 0 Å². The Morgan fingerprint density at radius 1 is 1.42 bits per heavy atom. The van der Waals surface area contributed by atoms with E-state index in [-0.39, 0.29) is 6.61 Å². The highest BCUT2D eigenvalue weighted by molar-refractivity contribution is 5.26. The highest BCUT2D eigenvalue weighted by atomic mass is 16.2. The smallest absolute Gasteiger partial charge is 0.0472 e. The van der Waals surface area contributed by atoms with Crippen LogP contribution in [-0.4, -0.2) is 16.3 Å². The third-order valence-electron chi connectivity index (χ3n) is 2.38. The Kier molecular flexibility index (Phi) is 2.93. The Morgan fingerprint density at radius 2 is 2.08 bits per heavy atom. The molecule has 0 spiro atoms. The van der Waals surface area contributed by atoms with Crippen LogP contribution in [0.4, 0.5) is 0 Å². The predicted molar refractivity (Wildman–Crippen MR) is 50.4 cm³/mol. The van der Waals surface area contributed by atoms with Gasteiger partial charge in [0.1, 0.15) is 0 Å². The largest absolute Gasteiger partial charge is 0.396 e. The van der Waals surface area contributed by atoms with E-state index in [4.69, 9.17) is 5.11 Å². The van der Waals surface area contributed by atoms with Crippen molar-refractivity contribution in [3.63, 3.8) is 0 Å². The van der Waals surface area contributed by atoms with Crippen LogP contribution in [0.3, 0.4) is 0 Å². The van der Waals surface area contributed by atoms with E-state index in [1.807, 2.05) is 0 Å². The number of hydrogen-bond donors (Lipinski definition) is 1. The lowest BCUT2D eigenvalue weighted by atomic mass is 10.2. The quantitative estimate of drug-likeness (QED) is 0.727. The van der Waals surface area contributed by atoms with Gasteiger partial charge in [0.15, 0.2) is 0 Å². The molecule has 0 saturated heterocycles. The summed E-state index contributed by atoms with van der Waals surface area (Å²) in [5.74, 6) is 0. The van der Waals surface area contributed by atoms with E-state index < -0.39 is 0 Å². The molecule has 0 aliphatic rings. The normalized spacial score (nSPS) is 10.7. The van der Waals surface area contributed by atoms with Crippen molar-refractivity contribution in [1.29, 1.82) is 0 Å². The van der Waals surface area contributed by atoms with Gasteiger partial charge in [0, 0.05) is 24.5 Å². The Labute approximate surface area is 73.8 Å². The van der Waals surface area contributed by atoms with Crippen molar-refractivity contribution in [1.82, 2.24) is 4.57 Å². The topological polar surface area (TPSA) is 25.2 Å². The van der Waals surface area contributed by atoms with Crippen LogP contribution in [0.25, 0.3) is 0 Å². The van der Waals surface area contributed by atoms with Gasteiger partial charge in [-0.2, -0.15) is 0 Å². The molecule has 0 aliphatic carbocycles. The van der Waals surface area contributed by atoms with Crippen molar-refractivity contribution in [2.24, 2.45) is 0 Å². The minimum absolute atomic E-state index is 0.244. The van der Waals surface area contributed by atoms with Crippen LogP contribution in [0.5, 0.6) is 0 Å². The molecule has 0 aliphatic heterocycles. The van der Waals surface area contributed by atoms with Crippen molar-refractivity contribution in [2.45, 2.75) is 33.7 Å². The average molecular weight is 167 g/mol. The highest BCUT2D eigenvalue weighted by Gasteiger charge is 2.05. The maximum absolute atomic E-state index is 8.81. The SMILES string of the molecule is CCn1c(C)cc(CCO)c1C. The lowest BCUT2D eigenvalue weighted by Gasteiger charge is -2.05. The van der Waals surface area contributed by atoms with Crippen LogP contribution >= 0.6 is 0 Å². The molecule has 1 heterocycles. The van der Waals surface area contributed by atoms with Crippen LogP contribution in [0.15, 0.2) is 6.07 Å². The minimum atomic E-state index is 0.244. The van der Waals surface area contributed by atoms with Gasteiger partial charge < -0.3 is 9.67 Å². The molecular weight excluding hydrogens is 150 g/mol. The van der Waals surface area contributed by atoms with Gasteiger partial charge in [0.05, 0.1) is 0 Å². The third kappa shape index (κ3) is 1.53. The zero-order valence-electron chi connectivity index (χ0n) is 8.09. The van der Waals surface area contributed by atoms with E-state index >= 15 is 0 Å². The molecule has 0 radical (unpaired) electrons. The summed E-state index contributed by atoms with van der Waals surface area (Å²) >= 11 is 0. The third-order valence-corrected chi connectivity index (χ3v) is 2.38. The van der Waals surface area contributed by atoms with Gasteiger partial charge in [-0.25, -0.2) is 0 Å². The number of aliphatic hydroxyl groups excluding tert-OH is 1. The first kappa shape index (κ1) is 9.33. The van der Waals surface area contributed by atoms with Gasteiger partial charge in [0.2, 0.25) is 0 Å². The van der Waals surface area contributed by atoms with Gasteiger partial charge in [-0.3, -0.25) is 0 Å². The van der Waals surface area contributed by atoms with E-state index in [0.717, 1.165) is 13.0 Å². The first-order valence-corrected chi connectivity index (χ1v) is 4.47. The first-order valence-electron chi connectivity index (χ1n) is 4.47. The molecule has 2 nitrogen and oxygen atoms in total. The summed E-state index contributed by atoms with van der Waals surface area (Å²) in [5, 5.41) is 8.81. The monoisotopic (exact) mass is 167 g/mol. The molecule has 68 valence electrons. The predicted octanol–water partition coefficient (Wildman–Crippen LogP) is 1.66. The number of aliphatic hydroxyl groups is 1. The molecule has 1 N–H and O–H groups in total. The fraction of sp³-hybridized carbons (Fsp3) is 0.600. The molecule has 12 heavy (non-hydrogen) atoms. The molecule has 0 unspecified atom stereocenters. The van der Waals surface area contributed by atoms with Gasteiger partial charge in [0.25, 0.3) is 0 Å². The van der Waals surface area contributed by atoms with Crippen LogP contribution in [0.1, 0.15) is 23.9 Å². The summed E-state index contributed by atoms with van der Waals surface area (Å²) in [7, 11) is 0. The number of nitrogens with zero attached hydrogens (tertiary/aromatic N) is 1. The lowest BCUT2D eigenvalue weighted by molar-refractivity contribution is 0.299. The van der Waals surface area contributed by atoms with Gasteiger partial charge in [-0.15, -0.1) is 0 Å². The van der Waals surface area contributed by atoms with E-state index in [0.29, 0.717) is 0 Å². The number of hydrogen-bond acceptors (Lipinski definition) is 1. The molecule has 0 saturated carbocycles. The summed E-state index contributed by atoms with van der Waals surface area (Å²) < 4.78 is 2.27. The average Bonchev–Trinajstić information content (AvgIpc) is 2.29. The summed E-state index contributed by atoms with van der Waals surface area (Å²) in [6, 6.07) is 2.16. The summed E-state index contributed by atoms with van der Waals surface area (Å²) in [6.45, 7) is 7.62. The van der Waals surface area contributed by atoms with E-state index in [2.05, 4.69) is 31.4 Å². The second-order valence-corrected chi connectivity index (χ2v) is 3.11. The van der Waals surface area contributed by atoms with Crippen molar-refractivity contribution in [2.75, 3.05) is 6.61 Å².